The second kappa shape index (κ2) is 8.71. The molecule has 0 unspecified atom stereocenters. The van der Waals surface area contributed by atoms with Gasteiger partial charge in [0.05, 0.1) is 31.1 Å². The van der Waals surface area contributed by atoms with Gasteiger partial charge in [0, 0.05) is 6.61 Å². The van der Waals surface area contributed by atoms with E-state index in [1.165, 1.54) is 24.3 Å². The molecule has 0 amide bonds. The molecule has 1 saturated heterocycles. The average Bonchev–Trinajstić information content (AvgIpc) is 2.50. The van der Waals surface area contributed by atoms with E-state index in [1.54, 1.807) is 0 Å². The Morgan fingerprint density at radius 1 is 1.38 bits per heavy atom. The van der Waals surface area contributed by atoms with Gasteiger partial charge in [0.15, 0.2) is 0 Å². The van der Waals surface area contributed by atoms with Crippen LogP contribution in [0.2, 0.25) is 0 Å². The molecule has 0 saturated carbocycles. The third-order valence-corrected chi connectivity index (χ3v) is 5.07. The first kappa shape index (κ1) is 19.1. The van der Waals surface area contributed by atoms with Gasteiger partial charge in [-0.3, -0.25) is 0 Å². The maximum atomic E-state index is 12.9. The molecule has 1 aromatic rings. The van der Waals surface area contributed by atoms with Crippen LogP contribution in [0, 0.1) is 5.82 Å². The highest BCUT2D eigenvalue weighted by Gasteiger charge is 2.30. The van der Waals surface area contributed by atoms with Crippen molar-refractivity contribution < 1.29 is 22.3 Å². The SMILES string of the molecule is CC(C)=CCO[C@H]1CCOC[C@H]1NS(=O)(=O)Cc1ccc(F)cc1. The summed E-state index contributed by atoms with van der Waals surface area (Å²) in [4.78, 5) is 0. The number of ether oxygens (including phenoxy) is 2. The average molecular weight is 357 g/mol. The number of nitrogens with one attached hydrogen (secondary N) is 1. The number of benzene rings is 1. The fourth-order valence-corrected chi connectivity index (χ4v) is 3.83. The smallest absolute Gasteiger partial charge is 0.216 e. The molecule has 1 aromatic carbocycles. The highest BCUT2D eigenvalue weighted by atomic mass is 32.2. The lowest BCUT2D eigenvalue weighted by Gasteiger charge is -2.31. The topological polar surface area (TPSA) is 64.6 Å². The maximum Gasteiger partial charge on any atom is 0.216 e. The molecule has 1 heterocycles. The van der Waals surface area contributed by atoms with Crippen molar-refractivity contribution in [1.82, 2.24) is 4.72 Å². The van der Waals surface area contributed by atoms with Crippen LogP contribution in [0.1, 0.15) is 25.8 Å². The van der Waals surface area contributed by atoms with Crippen molar-refractivity contribution in [3.05, 3.63) is 47.3 Å². The van der Waals surface area contributed by atoms with Crippen LogP contribution in [0.5, 0.6) is 0 Å². The van der Waals surface area contributed by atoms with Crippen LogP contribution >= 0.6 is 0 Å². The number of rotatable bonds is 7. The van der Waals surface area contributed by atoms with Gasteiger partial charge in [0.25, 0.3) is 0 Å². The van der Waals surface area contributed by atoms with Gasteiger partial charge in [-0.1, -0.05) is 23.8 Å². The molecule has 0 radical (unpaired) electrons. The van der Waals surface area contributed by atoms with Crippen LogP contribution in [0.3, 0.4) is 0 Å². The lowest BCUT2D eigenvalue weighted by molar-refractivity contribution is -0.0418. The van der Waals surface area contributed by atoms with Gasteiger partial charge in [0.2, 0.25) is 10.0 Å². The molecule has 0 aliphatic carbocycles. The van der Waals surface area contributed by atoms with E-state index in [-0.39, 0.29) is 18.5 Å². The first-order chi connectivity index (χ1) is 11.4. The number of sulfonamides is 1. The minimum Gasteiger partial charge on any atom is -0.380 e. The standard InChI is InChI=1S/C17H24FNO4S/c1-13(2)7-10-23-17-8-9-22-11-16(17)19-24(20,21)12-14-3-5-15(18)6-4-14/h3-7,16-17,19H,8-12H2,1-2H3/t16-,17+/m1/s1. The number of halogens is 1. The number of allylic oxidation sites excluding steroid dienone is 1. The van der Waals surface area contributed by atoms with Crippen LogP contribution in [-0.2, 0) is 25.2 Å². The summed E-state index contributed by atoms with van der Waals surface area (Å²) in [5.74, 6) is -0.595. The van der Waals surface area contributed by atoms with E-state index in [9.17, 15) is 12.8 Å². The lowest BCUT2D eigenvalue weighted by atomic mass is 10.1. The highest BCUT2D eigenvalue weighted by molar-refractivity contribution is 7.88. The zero-order valence-electron chi connectivity index (χ0n) is 14.0. The summed E-state index contributed by atoms with van der Waals surface area (Å²) < 4.78 is 51.4. The number of hydrogen-bond acceptors (Lipinski definition) is 4. The summed E-state index contributed by atoms with van der Waals surface area (Å²) in [5, 5.41) is 0. The van der Waals surface area contributed by atoms with E-state index in [1.807, 2.05) is 19.9 Å². The minimum atomic E-state index is -3.57. The van der Waals surface area contributed by atoms with Gasteiger partial charge in [-0.05, 0) is 38.0 Å². The monoisotopic (exact) mass is 357 g/mol. The van der Waals surface area contributed by atoms with Crippen molar-refractivity contribution in [2.75, 3.05) is 19.8 Å². The number of hydrogen-bond donors (Lipinski definition) is 1. The third kappa shape index (κ3) is 6.32. The van der Waals surface area contributed by atoms with E-state index in [4.69, 9.17) is 9.47 Å². The van der Waals surface area contributed by atoms with Crippen molar-refractivity contribution in [1.29, 1.82) is 0 Å². The molecule has 134 valence electrons. The molecule has 0 bridgehead atoms. The van der Waals surface area contributed by atoms with Crippen LogP contribution < -0.4 is 4.72 Å². The second-order valence-corrected chi connectivity index (χ2v) is 7.88. The van der Waals surface area contributed by atoms with Crippen molar-refractivity contribution in [3.8, 4) is 0 Å². The Morgan fingerprint density at radius 2 is 2.08 bits per heavy atom. The summed E-state index contributed by atoms with van der Waals surface area (Å²) in [7, 11) is -3.57. The minimum absolute atomic E-state index is 0.204. The van der Waals surface area contributed by atoms with Gasteiger partial charge in [-0.25, -0.2) is 17.5 Å². The van der Waals surface area contributed by atoms with Gasteiger partial charge in [-0.15, -0.1) is 0 Å². The molecule has 0 aromatic heterocycles. The fourth-order valence-electron chi connectivity index (χ4n) is 2.44. The van der Waals surface area contributed by atoms with Crippen molar-refractivity contribution in [3.63, 3.8) is 0 Å². The van der Waals surface area contributed by atoms with Crippen LogP contribution in [0.4, 0.5) is 4.39 Å². The predicted molar refractivity (Wildman–Crippen MR) is 90.6 cm³/mol. The Balaban J connectivity index is 1.97. The van der Waals surface area contributed by atoms with E-state index in [0.717, 1.165) is 5.57 Å². The Morgan fingerprint density at radius 3 is 2.75 bits per heavy atom. The normalized spacial score (nSPS) is 21.5. The third-order valence-electron chi connectivity index (χ3n) is 3.70. The van der Waals surface area contributed by atoms with E-state index in [0.29, 0.717) is 25.2 Å². The molecule has 1 fully saturated rings. The van der Waals surface area contributed by atoms with Crippen molar-refractivity contribution in [2.24, 2.45) is 0 Å². The largest absolute Gasteiger partial charge is 0.380 e. The first-order valence-electron chi connectivity index (χ1n) is 7.93. The fraction of sp³-hybridized carbons (Fsp3) is 0.529. The molecule has 7 heteroatoms. The van der Waals surface area contributed by atoms with Crippen LogP contribution in [0.25, 0.3) is 0 Å². The van der Waals surface area contributed by atoms with Gasteiger partial charge in [0.1, 0.15) is 5.82 Å². The summed E-state index contributed by atoms with van der Waals surface area (Å²) in [6.45, 7) is 5.24. The molecule has 1 aliphatic rings. The summed E-state index contributed by atoms with van der Waals surface area (Å²) in [6, 6.07) is 5.01. The summed E-state index contributed by atoms with van der Waals surface area (Å²) >= 11 is 0. The molecule has 5 nitrogen and oxygen atoms in total. The molecule has 1 N–H and O–H groups in total. The van der Waals surface area contributed by atoms with Crippen molar-refractivity contribution >= 4 is 10.0 Å². The van der Waals surface area contributed by atoms with Gasteiger partial charge >= 0.3 is 0 Å². The quantitative estimate of drug-likeness (QED) is 0.761. The van der Waals surface area contributed by atoms with Crippen LogP contribution in [0.15, 0.2) is 35.9 Å². The van der Waals surface area contributed by atoms with E-state index < -0.39 is 21.9 Å². The van der Waals surface area contributed by atoms with Gasteiger partial charge in [-0.2, -0.15) is 0 Å². The molecule has 24 heavy (non-hydrogen) atoms. The second-order valence-electron chi connectivity index (χ2n) is 6.13. The molecular weight excluding hydrogens is 333 g/mol. The van der Waals surface area contributed by atoms with E-state index >= 15 is 0 Å². The first-order valence-corrected chi connectivity index (χ1v) is 9.58. The molecule has 2 rings (SSSR count). The Labute approximate surface area is 142 Å². The zero-order chi connectivity index (χ0) is 17.6. The summed E-state index contributed by atoms with van der Waals surface area (Å²) in [5.41, 5.74) is 1.68. The van der Waals surface area contributed by atoms with Gasteiger partial charge < -0.3 is 9.47 Å². The Kier molecular flexibility index (Phi) is 6.91. The van der Waals surface area contributed by atoms with Crippen LogP contribution in [-0.4, -0.2) is 40.4 Å². The van der Waals surface area contributed by atoms with E-state index in [2.05, 4.69) is 4.72 Å². The molecule has 1 aliphatic heterocycles. The highest BCUT2D eigenvalue weighted by Crippen LogP contribution is 2.15. The predicted octanol–water partition coefficient (Wildman–Crippen LogP) is 2.39. The maximum absolute atomic E-state index is 12.9. The zero-order valence-corrected chi connectivity index (χ0v) is 14.8. The molecular formula is C17H24FNO4S. The molecule has 0 spiro atoms. The lowest BCUT2D eigenvalue weighted by Crippen LogP contribution is -2.50. The Hall–Kier alpha value is -1.28. The Bertz CT molecular complexity index is 654. The molecule has 2 atom stereocenters. The summed E-state index contributed by atoms with van der Waals surface area (Å²) in [6.07, 6.45) is 2.37. The van der Waals surface area contributed by atoms with Crippen molar-refractivity contribution in [2.45, 2.75) is 38.2 Å².